The van der Waals surface area contributed by atoms with E-state index >= 15 is 0 Å². The van der Waals surface area contributed by atoms with Crippen molar-refractivity contribution in [3.05, 3.63) is 34.6 Å². The van der Waals surface area contributed by atoms with Gasteiger partial charge in [-0.1, -0.05) is 23.7 Å². The molecule has 0 saturated carbocycles. The highest BCUT2D eigenvalue weighted by atomic mass is 35.5. The first-order chi connectivity index (χ1) is 7.66. The second-order valence-corrected chi connectivity index (χ2v) is 4.76. The Morgan fingerprint density at radius 2 is 2.31 bits per heavy atom. The number of hydrogen-bond acceptors (Lipinski definition) is 2. The molecule has 1 aliphatic heterocycles. The summed E-state index contributed by atoms with van der Waals surface area (Å²) < 4.78 is 13.7. The van der Waals surface area contributed by atoms with Gasteiger partial charge in [-0.15, -0.1) is 0 Å². The van der Waals surface area contributed by atoms with Crippen LogP contribution in [0.2, 0.25) is 5.02 Å². The molecule has 88 valence electrons. The molecule has 1 atom stereocenters. The number of rotatable bonds is 2. The maximum absolute atomic E-state index is 13.7. The van der Waals surface area contributed by atoms with E-state index in [4.69, 9.17) is 17.3 Å². The molecule has 0 radical (unpaired) electrons. The maximum Gasteiger partial charge on any atom is 0.146 e. The topological polar surface area (TPSA) is 29.3 Å². The summed E-state index contributed by atoms with van der Waals surface area (Å²) in [5.41, 5.74) is 6.54. The predicted octanol–water partition coefficient (Wildman–Crippen LogP) is 2.40. The van der Waals surface area contributed by atoms with Gasteiger partial charge in [-0.05, 0) is 25.5 Å². The van der Waals surface area contributed by atoms with Crippen LogP contribution in [-0.2, 0) is 6.54 Å². The minimum absolute atomic E-state index is 0.193. The van der Waals surface area contributed by atoms with Crippen LogP contribution in [0.15, 0.2) is 18.2 Å². The Kier molecular flexibility index (Phi) is 3.79. The number of nitrogens with zero attached hydrogens (tertiary/aromatic N) is 1. The molecule has 0 amide bonds. The Hall–Kier alpha value is -0.640. The SMILES string of the molecule is N[C@H]1CCCN(Cc2cccc(Cl)c2F)C1. The van der Waals surface area contributed by atoms with Gasteiger partial charge in [0, 0.05) is 24.7 Å². The lowest BCUT2D eigenvalue weighted by molar-refractivity contribution is 0.199. The summed E-state index contributed by atoms with van der Waals surface area (Å²) in [6.45, 7) is 2.42. The average molecular weight is 243 g/mol. The van der Waals surface area contributed by atoms with Gasteiger partial charge < -0.3 is 5.73 Å². The number of benzene rings is 1. The van der Waals surface area contributed by atoms with Crippen LogP contribution in [0.25, 0.3) is 0 Å². The van der Waals surface area contributed by atoms with Gasteiger partial charge in [0.25, 0.3) is 0 Å². The monoisotopic (exact) mass is 242 g/mol. The van der Waals surface area contributed by atoms with Gasteiger partial charge >= 0.3 is 0 Å². The Labute approximate surface area is 100 Å². The fourth-order valence-corrected chi connectivity index (χ4v) is 2.34. The van der Waals surface area contributed by atoms with Crippen LogP contribution in [0.4, 0.5) is 4.39 Å². The lowest BCUT2D eigenvalue weighted by atomic mass is 10.1. The highest BCUT2D eigenvalue weighted by Gasteiger charge is 2.18. The summed E-state index contributed by atoms with van der Waals surface area (Å²) in [6, 6.07) is 5.35. The first kappa shape index (κ1) is 11.8. The first-order valence-electron chi connectivity index (χ1n) is 5.57. The molecule has 0 bridgehead atoms. The lowest BCUT2D eigenvalue weighted by Crippen LogP contribution is -2.42. The van der Waals surface area contributed by atoms with Crippen LogP contribution in [0.3, 0.4) is 0 Å². The molecule has 0 aliphatic carbocycles. The zero-order chi connectivity index (χ0) is 11.5. The van der Waals surface area contributed by atoms with Crippen molar-refractivity contribution in [2.45, 2.75) is 25.4 Å². The zero-order valence-corrected chi connectivity index (χ0v) is 9.88. The molecule has 16 heavy (non-hydrogen) atoms. The molecule has 1 fully saturated rings. The number of piperidine rings is 1. The summed E-state index contributed by atoms with van der Waals surface area (Å²) in [5, 5.41) is 0.193. The van der Waals surface area contributed by atoms with Gasteiger partial charge in [0.2, 0.25) is 0 Å². The molecular weight excluding hydrogens is 227 g/mol. The van der Waals surface area contributed by atoms with Crippen LogP contribution in [-0.4, -0.2) is 24.0 Å². The van der Waals surface area contributed by atoms with E-state index in [1.165, 1.54) is 0 Å². The molecular formula is C12H16ClFN2. The molecule has 1 aromatic rings. The van der Waals surface area contributed by atoms with Gasteiger partial charge in [0.1, 0.15) is 5.82 Å². The molecule has 0 aromatic heterocycles. The standard InChI is InChI=1S/C12H16ClFN2/c13-11-5-1-3-9(12(11)14)7-16-6-2-4-10(15)8-16/h1,3,5,10H,2,4,6-8,15H2/t10-/m0/s1. The van der Waals surface area contributed by atoms with Crippen molar-refractivity contribution in [1.29, 1.82) is 0 Å². The summed E-state index contributed by atoms with van der Waals surface area (Å²) in [6.07, 6.45) is 2.15. The van der Waals surface area contributed by atoms with Crippen molar-refractivity contribution in [1.82, 2.24) is 4.90 Å². The largest absolute Gasteiger partial charge is 0.327 e. The Balaban J connectivity index is 2.05. The predicted molar refractivity (Wildman–Crippen MR) is 63.9 cm³/mol. The van der Waals surface area contributed by atoms with E-state index in [2.05, 4.69) is 4.90 Å². The Morgan fingerprint density at radius 3 is 3.06 bits per heavy atom. The second kappa shape index (κ2) is 5.13. The summed E-state index contributed by atoms with van der Waals surface area (Å²) in [7, 11) is 0. The van der Waals surface area contributed by atoms with Crippen molar-refractivity contribution in [3.63, 3.8) is 0 Å². The normalized spacial score (nSPS) is 22.3. The Morgan fingerprint density at radius 1 is 1.50 bits per heavy atom. The third kappa shape index (κ3) is 2.73. The van der Waals surface area contributed by atoms with Crippen LogP contribution in [0, 0.1) is 5.82 Å². The smallest absolute Gasteiger partial charge is 0.146 e. The molecule has 0 spiro atoms. The molecule has 2 nitrogen and oxygen atoms in total. The van der Waals surface area contributed by atoms with Crippen LogP contribution < -0.4 is 5.73 Å². The van der Waals surface area contributed by atoms with Crippen LogP contribution in [0.1, 0.15) is 18.4 Å². The van der Waals surface area contributed by atoms with Crippen molar-refractivity contribution in [3.8, 4) is 0 Å². The summed E-state index contributed by atoms with van der Waals surface area (Å²) in [4.78, 5) is 2.18. The molecule has 1 aliphatic rings. The van der Waals surface area contributed by atoms with Crippen LogP contribution >= 0.6 is 11.6 Å². The van der Waals surface area contributed by atoms with Gasteiger partial charge in [0.15, 0.2) is 0 Å². The van der Waals surface area contributed by atoms with Gasteiger partial charge in [-0.3, -0.25) is 4.90 Å². The maximum atomic E-state index is 13.7. The van der Waals surface area contributed by atoms with E-state index in [0.717, 1.165) is 25.9 Å². The van der Waals surface area contributed by atoms with Crippen molar-refractivity contribution in [2.24, 2.45) is 5.73 Å². The molecule has 1 aromatic carbocycles. The number of nitrogens with two attached hydrogens (primary N) is 1. The van der Waals surface area contributed by atoms with Crippen molar-refractivity contribution >= 4 is 11.6 Å². The van der Waals surface area contributed by atoms with Crippen LogP contribution in [0.5, 0.6) is 0 Å². The minimum atomic E-state index is -0.302. The van der Waals surface area contributed by atoms with Gasteiger partial charge in [-0.2, -0.15) is 0 Å². The van der Waals surface area contributed by atoms with Crippen molar-refractivity contribution in [2.75, 3.05) is 13.1 Å². The van der Waals surface area contributed by atoms with Gasteiger partial charge in [0.05, 0.1) is 5.02 Å². The van der Waals surface area contributed by atoms with E-state index in [1.807, 2.05) is 0 Å². The Bertz CT molecular complexity index is 370. The van der Waals surface area contributed by atoms with Gasteiger partial charge in [-0.25, -0.2) is 4.39 Å². The molecule has 0 unspecified atom stereocenters. The molecule has 1 saturated heterocycles. The first-order valence-corrected chi connectivity index (χ1v) is 5.95. The minimum Gasteiger partial charge on any atom is -0.327 e. The molecule has 2 N–H and O–H groups in total. The third-order valence-corrected chi connectivity index (χ3v) is 3.26. The van der Waals surface area contributed by atoms with E-state index in [0.29, 0.717) is 12.1 Å². The molecule has 2 rings (SSSR count). The van der Waals surface area contributed by atoms with E-state index < -0.39 is 0 Å². The zero-order valence-electron chi connectivity index (χ0n) is 9.13. The van der Waals surface area contributed by atoms with Crippen molar-refractivity contribution < 1.29 is 4.39 Å². The fourth-order valence-electron chi connectivity index (χ4n) is 2.15. The number of halogens is 2. The average Bonchev–Trinajstić information content (AvgIpc) is 2.25. The van der Waals surface area contributed by atoms with E-state index in [1.54, 1.807) is 18.2 Å². The number of hydrogen-bond donors (Lipinski definition) is 1. The van der Waals surface area contributed by atoms with E-state index in [-0.39, 0.29) is 16.9 Å². The lowest BCUT2D eigenvalue weighted by Gasteiger charge is -2.30. The highest BCUT2D eigenvalue weighted by Crippen LogP contribution is 2.20. The van der Waals surface area contributed by atoms with E-state index in [9.17, 15) is 4.39 Å². The summed E-state index contributed by atoms with van der Waals surface area (Å²) in [5.74, 6) is -0.302. The second-order valence-electron chi connectivity index (χ2n) is 4.35. The number of likely N-dealkylation sites (tertiary alicyclic amines) is 1. The highest BCUT2D eigenvalue weighted by molar-refractivity contribution is 6.30. The third-order valence-electron chi connectivity index (χ3n) is 2.97. The quantitative estimate of drug-likeness (QED) is 0.863. The summed E-state index contributed by atoms with van der Waals surface area (Å²) >= 11 is 5.74. The molecule has 4 heteroatoms. The molecule has 1 heterocycles. The fraction of sp³-hybridized carbons (Fsp3) is 0.500.